The van der Waals surface area contributed by atoms with Crippen molar-refractivity contribution in [2.75, 3.05) is 47.3 Å². The maximum absolute atomic E-state index is 13.8. The first-order chi connectivity index (χ1) is 33.5. The number of aldehydes is 1. The van der Waals surface area contributed by atoms with E-state index in [4.69, 9.17) is 5.73 Å². The molecule has 2 aromatic rings. The van der Waals surface area contributed by atoms with Gasteiger partial charge in [-0.25, -0.2) is 4.79 Å². The number of carbonyl (C=O) groups excluding carboxylic acids is 9. The lowest BCUT2D eigenvalue weighted by atomic mass is 9.76. The number of unbranched alkanes of at least 4 members (excludes halogenated alkanes) is 2. The van der Waals surface area contributed by atoms with Gasteiger partial charge in [0, 0.05) is 69.5 Å². The normalized spacial score (nSPS) is 12.9. The number of nitrogens with zero attached hydrogens (tertiary/aromatic N) is 2. The van der Waals surface area contributed by atoms with Crippen molar-refractivity contribution in [2.24, 2.45) is 11.1 Å². The number of hydrogen-bond donors (Lipinski definition) is 8. The Hall–Kier alpha value is -6.54. The number of benzene rings is 2. The average Bonchev–Trinajstić information content (AvgIpc) is 3.33. The van der Waals surface area contributed by atoms with Gasteiger partial charge in [-0.1, -0.05) is 102 Å². The van der Waals surface area contributed by atoms with Gasteiger partial charge < -0.3 is 47.4 Å². The smallest absolute Gasteiger partial charge is 0.312 e. The second-order valence-electron chi connectivity index (χ2n) is 18.9. The minimum atomic E-state index is -0.962. The van der Waals surface area contributed by atoms with E-state index in [1.54, 1.807) is 34.1 Å². The number of likely N-dealkylation sites (N-methyl/N-ethyl adjacent to an activating group) is 3. The topological polar surface area (TPSA) is 270 Å². The summed E-state index contributed by atoms with van der Waals surface area (Å²) in [5.74, 6) is -2.12. The van der Waals surface area contributed by atoms with Gasteiger partial charge in [0.05, 0.1) is 12.6 Å². The fraction of sp³-hybridized carbons (Fsp3) is 0.510. The van der Waals surface area contributed by atoms with E-state index in [0.717, 1.165) is 22.8 Å². The molecule has 0 heterocycles. The molecule has 20 heteroatoms. The van der Waals surface area contributed by atoms with Gasteiger partial charge in [-0.15, -0.1) is 0 Å². The molecule has 2 aromatic carbocycles. The molecule has 0 aromatic heterocycles. The maximum Gasteiger partial charge on any atom is 0.312 e. The van der Waals surface area contributed by atoms with Crippen LogP contribution in [0.4, 0.5) is 4.79 Å². The van der Waals surface area contributed by atoms with Gasteiger partial charge in [-0.3, -0.25) is 43.1 Å². The first-order valence-corrected chi connectivity index (χ1v) is 24.7. The summed E-state index contributed by atoms with van der Waals surface area (Å²) >= 11 is 1.20. The number of carbonyl (C=O) groups is 9. The molecular weight excluding hydrogens is 929 g/mol. The highest BCUT2D eigenvalue weighted by Crippen LogP contribution is 2.28. The molecule has 390 valence electrons. The molecule has 0 radical (unpaired) electrons. The Kier molecular flexibility index (Phi) is 26.4. The van der Waals surface area contributed by atoms with Crippen molar-refractivity contribution in [1.29, 1.82) is 0 Å². The van der Waals surface area contributed by atoms with Crippen LogP contribution < -0.4 is 42.4 Å². The summed E-state index contributed by atoms with van der Waals surface area (Å²) < 4.78 is 2.83. The minimum Gasteiger partial charge on any atom is -0.352 e. The molecule has 0 saturated carbocycles. The summed E-state index contributed by atoms with van der Waals surface area (Å²) in [7, 11) is 4.98. The highest BCUT2D eigenvalue weighted by molar-refractivity contribution is 7.97. The first kappa shape index (κ1) is 60.6. The molecule has 3 atom stereocenters. The zero-order valence-corrected chi connectivity index (χ0v) is 43.6. The van der Waals surface area contributed by atoms with Crippen LogP contribution >= 0.6 is 11.9 Å². The zero-order chi connectivity index (χ0) is 53.1. The molecule has 9 N–H and O–H groups in total. The monoisotopic (exact) mass is 1000 g/mol. The fourth-order valence-electron chi connectivity index (χ4n) is 7.21. The van der Waals surface area contributed by atoms with Crippen molar-refractivity contribution in [3.63, 3.8) is 0 Å². The molecule has 3 unspecified atom stereocenters. The van der Waals surface area contributed by atoms with Crippen molar-refractivity contribution in [3.8, 4) is 0 Å². The molecule has 0 aliphatic rings. The number of amides is 9. The molecule has 9 amide bonds. The van der Waals surface area contributed by atoms with E-state index < -0.39 is 46.8 Å². The number of allylic oxidation sites excluding steroid dienone is 1. The van der Waals surface area contributed by atoms with Crippen molar-refractivity contribution in [3.05, 3.63) is 95.1 Å². The lowest BCUT2D eigenvalue weighted by Crippen LogP contribution is -2.60. The van der Waals surface area contributed by atoms with E-state index in [1.807, 2.05) is 89.2 Å². The van der Waals surface area contributed by atoms with Gasteiger partial charge in [0.2, 0.25) is 35.4 Å². The van der Waals surface area contributed by atoms with Gasteiger partial charge >= 0.3 is 6.03 Å². The van der Waals surface area contributed by atoms with E-state index in [0.29, 0.717) is 49.8 Å². The van der Waals surface area contributed by atoms with Crippen molar-refractivity contribution in [2.45, 2.75) is 116 Å². The van der Waals surface area contributed by atoms with Crippen LogP contribution in [0.15, 0.2) is 78.4 Å². The van der Waals surface area contributed by atoms with E-state index in [1.165, 1.54) is 27.8 Å². The summed E-state index contributed by atoms with van der Waals surface area (Å²) in [6.45, 7) is 11.9. The summed E-state index contributed by atoms with van der Waals surface area (Å²) in [5.41, 5.74) is 7.04. The largest absolute Gasteiger partial charge is 0.352 e. The Bertz CT molecular complexity index is 2160. The first-order valence-electron chi connectivity index (χ1n) is 23.7. The quantitative estimate of drug-likeness (QED) is 0.0244. The highest BCUT2D eigenvalue weighted by atomic mass is 32.2. The number of urea groups is 1. The molecule has 0 aliphatic heterocycles. The Morgan fingerprint density at radius 3 is 2.04 bits per heavy atom. The van der Waals surface area contributed by atoms with Crippen molar-refractivity contribution < 1.29 is 43.2 Å². The van der Waals surface area contributed by atoms with Crippen LogP contribution in [0.1, 0.15) is 96.8 Å². The molecule has 0 aliphatic carbocycles. The molecule has 2 rings (SSSR count). The Morgan fingerprint density at radius 2 is 1.42 bits per heavy atom. The number of primary amides is 1. The third kappa shape index (κ3) is 22.4. The molecule has 0 bridgehead atoms. The predicted octanol–water partition coefficient (Wildman–Crippen LogP) is 2.89. The minimum absolute atomic E-state index is 0.143. The van der Waals surface area contributed by atoms with E-state index in [9.17, 15) is 43.2 Å². The second-order valence-corrected chi connectivity index (χ2v) is 19.7. The average molecular weight is 1010 g/mol. The lowest BCUT2D eigenvalue weighted by Gasteiger charge is -2.38. The van der Waals surface area contributed by atoms with E-state index in [-0.39, 0.29) is 68.6 Å². The molecule has 19 nitrogen and oxygen atoms in total. The molecule has 0 spiro atoms. The Balaban J connectivity index is 1.87. The van der Waals surface area contributed by atoms with Gasteiger partial charge in [0.25, 0.3) is 5.91 Å². The highest BCUT2D eigenvalue weighted by Gasteiger charge is 2.40. The number of hydrogen-bond acceptors (Lipinski definition) is 11. The summed E-state index contributed by atoms with van der Waals surface area (Å²) in [5, 5.41) is 16.7. The zero-order valence-electron chi connectivity index (χ0n) is 42.8. The lowest BCUT2D eigenvalue weighted by molar-refractivity contribution is -0.139. The van der Waals surface area contributed by atoms with Crippen LogP contribution in [0, 0.1) is 5.41 Å². The van der Waals surface area contributed by atoms with Gasteiger partial charge in [-0.05, 0) is 79.8 Å². The SMILES string of the molecule is CNC(C(=O)NC(C(=O)N(C)C/C=C(\C)C(=O)NSCc1ccc(CNC(=O)C(CCCNC(N)=O)NC(=O)CNC(=O)CCCCCN(C)C(=O)/C=C\C=O)cc1)C(C)(C)C)C(C)(C)c1ccccc1. The summed E-state index contributed by atoms with van der Waals surface area (Å²) in [4.78, 5) is 115. The van der Waals surface area contributed by atoms with E-state index in [2.05, 4.69) is 36.6 Å². The Labute approximate surface area is 423 Å². The number of nitrogens with one attached hydrogen (secondary N) is 7. The van der Waals surface area contributed by atoms with Crippen LogP contribution in [0.5, 0.6) is 0 Å². The third-order valence-corrected chi connectivity index (χ3v) is 12.5. The maximum atomic E-state index is 13.8. The van der Waals surface area contributed by atoms with Crippen molar-refractivity contribution >= 4 is 65.6 Å². The van der Waals surface area contributed by atoms with Gasteiger partial charge in [0.15, 0.2) is 0 Å². The van der Waals surface area contributed by atoms with Gasteiger partial charge in [0.1, 0.15) is 18.4 Å². The van der Waals surface area contributed by atoms with E-state index >= 15 is 0 Å². The van der Waals surface area contributed by atoms with Crippen LogP contribution in [-0.4, -0.2) is 129 Å². The standard InChI is InChI=1S/C51H76N10O9S/c1-35(27-30-61(9)48(69)44(50(2,3)4)58-47(68)43(53-7)51(5,6)38-18-12-10-13-19-38)45(66)59-71-34-37-25-23-36(24-26-37)32-56-46(67)39(20-16-28-54-49(52)70)57-41(64)33-55-40(63)21-14-11-15-29-60(8)42(65)22-17-31-62/h10,12-13,17-19,22-27,31,39,43-44,53H,11,14-16,20-21,28-30,32-34H2,1-9H3,(H,55,63)(H,56,67)(H,57,64)(H,58,68)(H,59,66)(H3,52,54,70)/b22-17-,35-27+. The number of nitrogens with two attached hydrogens (primary N) is 1. The fourth-order valence-corrected chi connectivity index (χ4v) is 7.93. The van der Waals surface area contributed by atoms with Crippen LogP contribution in [0.3, 0.4) is 0 Å². The van der Waals surface area contributed by atoms with Crippen LogP contribution in [-0.2, 0) is 56.1 Å². The molecule has 0 fully saturated rings. The third-order valence-electron chi connectivity index (χ3n) is 11.6. The van der Waals surface area contributed by atoms with Crippen LogP contribution in [0.25, 0.3) is 0 Å². The summed E-state index contributed by atoms with van der Waals surface area (Å²) in [6, 6.07) is 14.0. The summed E-state index contributed by atoms with van der Waals surface area (Å²) in [6.07, 6.45) is 7.04. The Morgan fingerprint density at radius 1 is 0.761 bits per heavy atom. The van der Waals surface area contributed by atoms with Crippen LogP contribution in [0.2, 0.25) is 0 Å². The molecule has 0 saturated heterocycles. The predicted molar refractivity (Wildman–Crippen MR) is 276 cm³/mol. The van der Waals surface area contributed by atoms with Crippen molar-refractivity contribution in [1.82, 2.24) is 46.4 Å². The number of rotatable bonds is 30. The van der Waals surface area contributed by atoms with Gasteiger partial charge in [-0.2, -0.15) is 0 Å². The molecule has 71 heavy (non-hydrogen) atoms. The molecular formula is C51H76N10O9S. The second kappa shape index (κ2) is 30.9.